The first-order valence-electron chi connectivity index (χ1n) is 6.34. The maximum absolute atomic E-state index is 11.6. The summed E-state index contributed by atoms with van der Waals surface area (Å²) < 4.78 is 0. The van der Waals surface area contributed by atoms with Crippen molar-refractivity contribution in [3.8, 4) is 0 Å². The van der Waals surface area contributed by atoms with Gasteiger partial charge in [-0.15, -0.1) is 0 Å². The molecule has 5 nitrogen and oxygen atoms in total. The van der Waals surface area contributed by atoms with Crippen LogP contribution in [0.3, 0.4) is 0 Å². The van der Waals surface area contributed by atoms with Crippen LogP contribution in [0.1, 0.15) is 25.3 Å². The van der Waals surface area contributed by atoms with Gasteiger partial charge in [0.05, 0.1) is 17.1 Å². The zero-order valence-corrected chi connectivity index (χ0v) is 13.3. The van der Waals surface area contributed by atoms with Gasteiger partial charge in [0, 0.05) is 27.0 Å². The van der Waals surface area contributed by atoms with Crippen molar-refractivity contribution >= 4 is 35.1 Å². The van der Waals surface area contributed by atoms with Gasteiger partial charge in [0.15, 0.2) is 0 Å². The van der Waals surface area contributed by atoms with E-state index in [1.165, 1.54) is 0 Å². The third kappa shape index (κ3) is 2.69. The summed E-state index contributed by atoms with van der Waals surface area (Å²) >= 11 is 12.3. The zero-order valence-electron chi connectivity index (χ0n) is 11.8. The maximum Gasteiger partial charge on any atom is 0.334 e. The van der Waals surface area contributed by atoms with Gasteiger partial charge >= 0.3 is 11.9 Å². The van der Waals surface area contributed by atoms with Gasteiger partial charge in [0.25, 0.3) is 0 Å². The summed E-state index contributed by atoms with van der Waals surface area (Å²) in [7, 11) is 0. The highest BCUT2D eigenvalue weighted by Gasteiger charge is 2.38. The molecule has 1 aromatic carbocycles. The molecule has 0 radical (unpaired) electrons. The van der Waals surface area contributed by atoms with Crippen LogP contribution in [0.4, 0.5) is 0 Å². The Kier molecular flexibility index (Phi) is 4.49. The van der Waals surface area contributed by atoms with Gasteiger partial charge in [-0.05, 0) is 26.0 Å². The highest BCUT2D eigenvalue weighted by molar-refractivity contribution is 6.36. The van der Waals surface area contributed by atoms with E-state index in [0.717, 1.165) is 0 Å². The van der Waals surface area contributed by atoms with E-state index in [2.05, 4.69) is 5.32 Å². The van der Waals surface area contributed by atoms with Gasteiger partial charge in [-0.2, -0.15) is 0 Å². The Morgan fingerprint density at radius 1 is 1.00 bits per heavy atom. The molecule has 1 heterocycles. The molecule has 0 saturated heterocycles. The number of halogens is 2. The molecule has 0 fully saturated rings. The quantitative estimate of drug-likeness (QED) is 0.784. The van der Waals surface area contributed by atoms with Crippen molar-refractivity contribution in [3.05, 3.63) is 56.3 Å². The number of carboxylic acid groups (broad SMARTS) is 2. The molecule has 1 aliphatic heterocycles. The van der Waals surface area contributed by atoms with Crippen LogP contribution in [0.15, 0.2) is 40.7 Å². The number of dihydropyridines is 1. The van der Waals surface area contributed by atoms with Crippen LogP contribution in [-0.2, 0) is 9.59 Å². The number of carboxylic acids is 2. The molecule has 2 rings (SSSR count). The minimum absolute atomic E-state index is 0.0852. The molecule has 0 atom stereocenters. The Bertz CT molecular complexity index is 681. The lowest BCUT2D eigenvalue weighted by atomic mass is 9.80. The van der Waals surface area contributed by atoms with Crippen molar-refractivity contribution in [2.45, 2.75) is 19.8 Å². The van der Waals surface area contributed by atoms with E-state index in [1.54, 1.807) is 32.0 Å². The van der Waals surface area contributed by atoms with Crippen molar-refractivity contribution < 1.29 is 19.8 Å². The molecule has 22 heavy (non-hydrogen) atoms. The third-order valence-corrected chi connectivity index (χ3v) is 4.17. The number of benzene rings is 1. The molecule has 0 saturated carbocycles. The van der Waals surface area contributed by atoms with Crippen LogP contribution in [0.25, 0.3) is 0 Å². The van der Waals surface area contributed by atoms with Gasteiger partial charge in [-0.3, -0.25) is 0 Å². The average Bonchev–Trinajstić information content (AvgIpc) is 2.36. The minimum Gasteiger partial charge on any atom is -0.478 e. The predicted molar refractivity (Wildman–Crippen MR) is 83.0 cm³/mol. The van der Waals surface area contributed by atoms with Gasteiger partial charge in [0.2, 0.25) is 0 Å². The summed E-state index contributed by atoms with van der Waals surface area (Å²) in [5.74, 6) is -3.49. The lowest BCUT2D eigenvalue weighted by Crippen LogP contribution is -2.31. The number of hydrogen-bond acceptors (Lipinski definition) is 3. The summed E-state index contributed by atoms with van der Waals surface area (Å²) in [6.45, 7) is 3.15. The number of carbonyl (C=O) groups is 2. The molecule has 0 amide bonds. The standard InChI is InChI=1S/C15H13Cl2NO4/c1-6-10(14(19)20)13(11(15(21)22)7(2)18-6)12-8(16)4-3-5-9(12)17/h3-5,13,18H,1-2H3,(H,19,20)(H,21,22). The largest absolute Gasteiger partial charge is 0.478 e. The molecular formula is C15H13Cl2NO4. The molecule has 3 N–H and O–H groups in total. The third-order valence-electron chi connectivity index (χ3n) is 3.51. The first-order valence-corrected chi connectivity index (χ1v) is 7.10. The van der Waals surface area contributed by atoms with Gasteiger partial charge < -0.3 is 15.5 Å². The molecule has 0 spiro atoms. The highest BCUT2D eigenvalue weighted by atomic mass is 35.5. The maximum atomic E-state index is 11.6. The number of allylic oxidation sites excluding steroid dienone is 2. The number of hydrogen-bond donors (Lipinski definition) is 3. The lowest BCUT2D eigenvalue weighted by Gasteiger charge is -2.29. The summed E-state index contributed by atoms with van der Waals surface area (Å²) in [6.07, 6.45) is 0. The van der Waals surface area contributed by atoms with Crippen LogP contribution in [0, 0.1) is 0 Å². The van der Waals surface area contributed by atoms with E-state index in [-0.39, 0.29) is 26.8 Å². The minimum atomic E-state index is -1.22. The fourth-order valence-corrected chi connectivity index (χ4v) is 3.25. The van der Waals surface area contributed by atoms with Crippen LogP contribution < -0.4 is 5.32 Å². The normalized spacial score (nSPS) is 15.8. The zero-order chi connectivity index (χ0) is 16.6. The molecule has 1 aromatic rings. The van der Waals surface area contributed by atoms with E-state index in [9.17, 15) is 19.8 Å². The Labute approximate surface area is 136 Å². The van der Waals surface area contributed by atoms with Crippen LogP contribution in [0.5, 0.6) is 0 Å². The molecule has 0 aromatic heterocycles. The van der Waals surface area contributed by atoms with Crippen LogP contribution in [-0.4, -0.2) is 22.2 Å². The van der Waals surface area contributed by atoms with Gasteiger partial charge in [-0.1, -0.05) is 29.3 Å². The topological polar surface area (TPSA) is 86.6 Å². The van der Waals surface area contributed by atoms with Crippen LogP contribution in [0.2, 0.25) is 10.0 Å². The first kappa shape index (κ1) is 16.4. The highest BCUT2D eigenvalue weighted by Crippen LogP contribution is 2.43. The van der Waals surface area contributed by atoms with E-state index < -0.39 is 17.9 Å². The molecule has 0 unspecified atom stereocenters. The predicted octanol–water partition coefficient (Wildman–Crippen LogP) is 3.40. The molecule has 1 aliphatic rings. The Hall–Kier alpha value is -1.98. The summed E-state index contributed by atoms with van der Waals surface area (Å²) in [6, 6.07) is 4.71. The SMILES string of the molecule is CC1=C(C(=O)O)C(c2c(Cl)cccc2Cl)C(C(=O)O)=C(C)N1. The smallest absolute Gasteiger partial charge is 0.334 e. The molecular weight excluding hydrogens is 329 g/mol. The van der Waals surface area contributed by atoms with Gasteiger partial charge in [0.1, 0.15) is 0 Å². The van der Waals surface area contributed by atoms with E-state index in [4.69, 9.17) is 23.2 Å². The number of nitrogens with one attached hydrogen (secondary N) is 1. The monoisotopic (exact) mass is 341 g/mol. The Balaban J connectivity index is 2.82. The van der Waals surface area contributed by atoms with Crippen molar-refractivity contribution in [2.24, 2.45) is 0 Å². The fraction of sp³-hybridized carbons (Fsp3) is 0.200. The average molecular weight is 342 g/mol. The van der Waals surface area contributed by atoms with E-state index in [1.807, 2.05) is 0 Å². The molecule has 0 bridgehead atoms. The van der Waals surface area contributed by atoms with E-state index >= 15 is 0 Å². The van der Waals surface area contributed by atoms with Crippen LogP contribution >= 0.6 is 23.2 Å². The molecule has 0 aliphatic carbocycles. The van der Waals surface area contributed by atoms with Crippen molar-refractivity contribution in [3.63, 3.8) is 0 Å². The molecule has 7 heteroatoms. The summed E-state index contributed by atoms with van der Waals surface area (Å²) in [4.78, 5) is 23.3. The molecule has 116 valence electrons. The number of aliphatic carboxylic acids is 2. The van der Waals surface area contributed by atoms with E-state index in [0.29, 0.717) is 11.4 Å². The van der Waals surface area contributed by atoms with Crippen molar-refractivity contribution in [1.29, 1.82) is 0 Å². The second-order valence-corrected chi connectivity index (χ2v) is 5.70. The Morgan fingerprint density at radius 3 is 1.77 bits per heavy atom. The van der Waals surface area contributed by atoms with Crippen molar-refractivity contribution in [2.75, 3.05) is 0 Å². The Morgan fingerprint density at radius 2 is 1.41 bits per heavy atom. The first-order chi connectivity index (χ1) is 10.3. The summed E-state index contributed by atoms with van der Waals surface area (Å²) in [5.41, 5.74) is 0.823. The fourth-order valence-electron chi connectivity index (χ4n) is 2.64. The second kappa shape index (κ2) is 6.02. The van der Waals surface area contributed by atoms with Gasteiger partial charge in [-0.25, -0.2) is 9.59 Å². The lowest BCUT2D eigenvalue weighted by molar-refractivity contribution is -0.133. The second-order valence-electron chi connectivity index (χ2n) is 4.88. The number of rotatable bonds is 3. The summed E-state index contributed by atoms with van der Waals surface area (Å²) in [5, 5.41) is 22.2. The van der Waals surface area contributed by atoms with Crippen molar-refractivity contribution in [1.82, 2.24) is 5.32 Å².